The minimum absolute atomic E-state index is 0.0592. The van der Waals surface area contributed by atoms with Crippen LogP contribution in [-0.2, 0) is 14.3 Å². The van der Waals surface area contributed by atoms with Gasteiger partial charge in [-0.25, -0.2) is 0 Å². The lowest BCUT2D eigenvalue weighted by Crippen LogP contribution is -2.46. The van der Waals surface area contributed by atoms with Gasteiger partial charge in [-0.05, 0) is 37.7 Å². The van der Waals surface area contributed by atoms with Crippen molar-refractivity contribution in [2.75, 3.05) is 0 Å². The van der Waals surface area contributed by atoms with Gasteiger partial charge in [0, 0.05) is 11.8 Å². The molecule has 0 N–H and O–H groups in total. The zero-order chi connectivity index (χ0) is 16.7. The number of carbonyl (C=O) groups excluding carboxylic acids is 2. The van der Waals surface area contributed by atoms with Crippen molar-refractivity contribution in [2.24, 2.45) is 23.2 Å². The van der Waals surface area contributed by atoms with Gasteiger partial charge in [-0.3, -0.25) is 9.59 Å². The Morgan fingerprint density at radius 1 is 1.45 bits per heavy atom. The average Bonchev–Trinajstić information content (AvgIpc) is 2.43. The highest BCUT2D eigenvalue weighted by Crippen LogP contribution is 2.53. The number of rotatable bonds is 3. The zero-order valence-electron chi connectivity index (χ0n) is 14.4. The number of ketones is 1. The minimum Gasteiger partial charge on any atom is -0.462 e. The van der Waals surface area contributed by atoms with E-state index in [-0.39, 0.29) is 41.0 Å². The molecule has 0 amide bonds. The number of esters is 1. The van der Waals surface area contributed by atoms with Gasteiger partial charge in [-0.1, -0.05) is 45.4 Å². The molecule has 0 bridgehead atoms. The number of hydrogen-bond acceptors (Lipinski definition) is 3. The second-order valence-corrected chi connectivity index (χ2v) is 7.55. The van der Waals surface area contributed by atoms with E-state index >= 15 is 0 Å². The number of ether oxygens (including phenoxy) is 1. The quantitative estimate of drug-likeness (QED) is 0.583. The molecule has 0 spiro atoms. The zero-order valence-corrected chi connectivity index (χ0v) is 14.4. The summed E-state index contributed by atoms with van der Waals surface area (Å²) < 4.78 is 5.73. The second kappa shape index (κ2) is 6.02. The van der Waals surface area contributed by atoms with Gasteiger partial charge in [0.1, 0.15) is 6.10 Å². The third kappa shape index (κ3) is 2.90. The molecule has 0 heterocycles. The Balaban J connectivity index is 2.25. The van der Waals surface area contributed by atoms with Crippen LogP contribution in [0.5, 0.6) is 0 Å². The lowest BCUT2D eigenvalue weighted by Gasteiger charge is -2.49. The highest BCUT2D eigenvalue weighted by atomic mass is 16.5. The monoisotopic (exact) mass is 304 g/mol. The van der Waals surface area contributed by atoms with Crippen molar-refractivity contribution in [2.45, 2.75) is 60.0 Å². The molecule has 0 aliphatic heterocycles. The molecule has 3 heteroatoms. The van der Waals surface area contributed by atoms with Crippen LogP contribution in [0.2, 0.25) is 0 Å². The summed E-state index contributed by atoms with van der Waals surface area (Å²) in [5.41, 5.74) is 2.06. The molecule has 2 aliphatic carbocycles. The molecular weight excluding hydrogens is 276 g/mol. The molecule has 2 aliphatic rings. The van der Waals surface area contributed by atoms with Gasteiger partial charge in [0.05, 0.1) is 5.92 Å². The van der Waals surface area contributed by atoms with E-state index in [0.717, 1.165) is 24.8 Å². The van der Waals surface area contributed by atoms with Gasteiger partial charge in [-0.2, -0.15) is 0 Å². The molecule has 0 aromatic heterocycles. The number of hydrogen-bond donors (Lipinski definition) is 0. The Morgan fingerprint density at radius 2 is 2.09 bits per heavy atom. The van der Waals surface area contributed by atoms with Gasteiger partial charge < -0.3 is 4.74 Å². The Labute approximate surface area is 133 Å². The van der Waals surface area contributed by atoms with Crippen LogP contribution >= 0.6 is 0 Å². The van der Waals surface area contributed by atoms with Crippen molar-refractivity contribution in [1.29, 1.82) is 0 Å². The summed E-state index contributed by atoms with van der Waals surface area (Å²) in [7, 11) is 0. The smallest absolute Gasteiger partial charge is 0.308 e. The van der Waals surface area contributed by atoms with Crippen LogP contribution in [0.15, 0.2) is 23.8 Å². The first-order valence-corrected chi connectivity index (χ1v) is 8.27. The molecule has 0 aromatic rings. The molecule has 1 fully saturated rings. The van der Waals surface area contributed by atoms with E-state index in [1.165, 1.54) is 5.57 Å². The highest BCUT2D eigenvalue weighted by Gasteiger charge is 2.48. The van der Waals surface area contributed by atoms with Gasteiger partial charge in [-0.15, -0.1) is 0 Å². The van der Waals surface area contributed by atoms with Crippen molar-refractivity contribution in [3.05, 3.63) is 23.8 Å². The fourth-order valence-corrected chi connectivity index (χ4v) is 3.75. The van der Waals surface area contributed by atoms with Crippen molar-refractivity contribution in [1.82, 2.24) is 0 Å². The maximum Gasteiger partial charge on any atom is 0.308 e. The second-order valence-electron chi connectivity index (χ2n) is 7.55. The van der Waals surface area contributed by atoms with Gasteiger partial charge in [0.25, 0.3) is 0 Å². The maximum absolute atomic E-state index is 12.3. The predicted molar refractivity (Wildman–Crippen MR) is 87.2 cm³/mol. The first kappa shape index (κ1) is 17.0. The molecule has 0 aromatic carbocycles. The van der Waals surface area contributed by atoms with Crippen LogP contribution in [0, 0.1) is 23.2 Å². The fraction of sp³-hybridized carbons (Fsp3) is 0.684. The Kier molecular flexibility index (Phi) is 4.65. The van der Waals surface area contributed by atoms with E-state index in [1.54, 1.807) is 0 Å². The Morgan fingerprint density at radius 3 is 2.64 bits per heavy atom. The van der Waals surface area contributed by atoms with Gasteiger partial charge in [0.2, 0.25) is 0 Å². The molecule has 4 unspecified atom stereocenters. The first-order chi connectivity index (χ1) is 10.2. The van der Waals surface area contributed by atoms with Gasteiger partial charge >= 0.3 is 5.97 Å². The van der Waals surface area contributed by atoms with Crippen molar-refractivity contribution >= 4 is 11.8 Å². The Bertz CT molecular complexity index is 529. The first-order valence-electron chi connectivity index (χ1n) is 8.27. The van der Waals surface area contributed by atoms with Crippen LogP contribution in [0.1, 0.15) is 53.9 Å². The third-order valence-corrected chi connectivity index (χ3v) is 5.62. The molecule has 0 radical (unpaired) electrons. The van der Waals surface area contributed by atoms with E-state index in [0.29, 0.717) is 0 Å². The molecule has 3 nitrogen and oxygen atoms in total. The van der Waals surface area contributed by atoms with E-state index in [9.17, 15) is 9.59 Å². The van der Waals surface area contributed by atoms with Crippen molar-refractivity contribution in [3.8, 4) is 0 Å². The number of carbonyl (C=O) groups is 2. The van der Waals surface area contributed by atoms with Crippen LogP contribution in [-0.4, -0.2) is 17.9 Å². The summed E-state index contributed by atoms with van der Waals surface area (Å²) in [5.74, 6) is 0.0648. The normalized spacial score (nSPS) is 34.9. The largest absolute Gasteiger partial charge is 0.462 e. The SMILES string of the molecule is C=C(C)C1CC2(C)C(=CC1=O)CCC(OC(=O)C(C)C)C2C. The van der Waals surface area contributed by atoms with Crippen LogP contribution in [0.4, 0.5) is 0 Å². The predicted octanol–water partition coefficient (Wildman–Crippen LogP) is 4.08. The number of allylic oxidation sites excluding steroid dienone is 3. The molecule has 2 rings (SSSR count). The standard InChI is InChI=1S/C19H28O3/c1-11(2)15-10-19(6)13(5)17(22-18(21)12(3)4)8-7-14(19)9-16(15)20/h9,12-13,15,17H,1,7-8,10H2,2-6H3. The van der Waals surface area contributed by atoms with Crippen molar-refractivity contribution < 1.29 is 14.3 Å². The van der Waals surface area contributed by atoms with Crippen LogP contribution in [0.3, 0.4) is 0 Å². The van der Waals surface area contributed by atoms with E-state index in [2.05, 4.69) is 20.4 Å². The van der Waals surface area contributed by atoms with Crippen LogP contribution in [0.25, 0.3) is 0 Å². The Hall–Kier alpha value is -1.38. The summed E-state index contributed by atoms with van der Waals surface area (Å²) >= 11 is 0. The average molecular weight is 304 g/mol. The number of fused-ring (bicyclic) bond motifs is 1. The van der Waals surface area contributed by atoms with Gasteiger partial charge in [0.15, 0.2) is 5.78 Å². The molecule has 122 valence electrons. The summed E-state index contributed by atoms with van der Waals surface area (Å²) in [6, 6.07) is 0. The lowest BCUT2D eigenvalue weighted by molar-refractivity contribution is -0.160. The molecule has 4 atom stereocenters. The van der Waals surface area contributed by atoms with E-state index in [4.69, 9.17) is 4.74 Å². The summed E-state index contributed by atoms with van der Waals surface area (Å²) in [5, 5.41) is 0. The van der Waals surface area contributed by atoms with E-state index in [1.807, 2.05) is 26.8 Å². The molecule has 22 heavy (non-hydrogen) atoms. The summed E-state index contributed by atoms with van der Waals surface area (Å²) in [4.78, 5) is 24.2. The van der Waals surface area contributed by atoms with Crippen molar-refractivity contribution in [3.63, 3.8) is 0 Å². The topological polar surface area (TPSA) is 43.4 Å². The molecule has 1 saturated carbocycles. The lowest BCUT2D eigenvalue weighted by atomic mass is 9.57. The highest BCUT2D eigenvalue weighted by molar-refractivity contribution is 5.95. The minimum atomic E-state index is -0.129. The summed E-state index contributed by atoms with van der Waals surface area (Å²) in [6.45, 7) is 14.0. The fourth-order valence-electron chi connectivity index (χ4n) is 3.75. The summed E-state index contributed by atoms with van der Waals surface area (Å²) in [6.07, 6.45) is 4.21. The molecule has 0 saturated heterocycles. The third-order valence-electron chi connectivity index (χ3n) is 5.62. The van der Waals surface area contributed by atoms with E-state index < -0.39 is 0 Å². The van der Waals surface area contributed by atoms with Crippen LogP contribution < -0.4 is 0 Å². The molecular formula is C19H28O3. The maximum atomic E-state index is 12.3.